The molecular weight excluding hydrogens is 326 g/mol. The first-order valence-electron chi connectivity index (χ1n) is 9.27. The van der Waals surface area contributed by atoms with Crippen LogP contribution in [-0.2, 0) is 0 Å². The van der Waals surface area contributed by atoms with Crippen molar-refractivity contribution in [2.24, 2.45) is 0 Å². The molecule has 2 aliphatic rings. The molecule has 0 aliphatic carbocycles. The van der Waals surface area contributed by atoms with Gasteiger partial charge in [-0.25, -0.2) is 4.98 Å². The molecule has 1 spiro atoms. The van der Waals surface area contributed by atoms with E-state index in [-0.39, 0.29) is 5.91 Å². The Morgan fingerprint density at radius 2 is 1.96 bits per heavy atom. The third-order valence-electron chi connectivity index (χ3n) is 5.60. The number of rotatable bonds is 3. The van der Waals surface area contributed by atoms with Crippen molar-refractivity contribution in [1.82, 2.24) is 10.3 Å². The molecule has 0 bridgehead atoms. The molecule has 1 amide bonds. The van der Waals surface area contributed by atoms with Crippen LogP contribution in [0.2, 0.25) is 0 Å². The van der Waals surface area contributed by atoms with E-state index in [4.69, 9.17) is 5.73 Å². The molecule has 3 heterocycles. The molecule has 1 aromatic heterocycles. The molecule has 6 nitrogen and oxygen atoms in total. The molecule has 26 heavy (non-hydrogen) atoms. The largest absolute Gasteiger partial charge is 0.397 e. The lowest BCUT2D eigenvalue weighted by Crippen LogP contribution is -2.50. The van der Waals surface area contributed by atoms with Gasteiger partial charge in [-0.15, -0.1) is 0 Å². The van der Waals surface area contributed by atoms with Crippen LogP contribution in [-0.4, -0.2) is 36.1 Å². The number of nitrogens with two attached hydrogens (primary N) is 1. The van der Waals surface area contributed by atoms with E-state index in [0.717, 1.165) is 38.3 Å². The maximum Gasteiger partial charge on any atom is 0.257 e. The highest BCUT2D eigenvalue weighted by molar-refractivity contribution is 6.05. The molecular formula is C20H25N5O. The van der Waals surface area contributed by atoms with Gasteiger partial charge >= 0.3 is 0 Å². The van der Waals surface area contributed by atoms with E-state index < -0.39 is 0 Å². The van der Waals surface area contributed by atoms with Gasteiger partial charge in [0.2, 0.25) is 0 Å². The van der Waals surface area contributed by atoms with E-state index in [1.54, 1.807) is 18.3 Å². The fourth-order valence-electron chi connectivity index (χ4n) is 3.97. The number of hydrogen-bond donors (Lipinski definition) is 3. The summed E-state index contributed by atoms with van der Waals surface area (Å²) in [6.07, 6.45) is 6.53. The zero-order valence-electron chi connectivity index (χ0n) is 14.9. The molecule has 6 heteroatoms. The summed E-state index contributed by atoms with van der Waals surface area (Å²) in [4.78, 5) is 19.2. The first kappa shape index (κ1) is 16.8. The number of anilines is 3. The van der Waals surface area contributed by atoms with E-state index in [2.05, 4.69) is 20.5 Å². The fraction of sp³-hybridized carbons (Fsp3) is 0.400. The first-order chi connectivity index (χ1) is 12.7. The van der Waals surface area contributed by atoms with Gasteiger partial charge in [-0.1, -0.05) is 12.1 Å². The number of carbonyl (C=O) groups is 1. The number of aromatic nitrogens is 1. The Balaban J connectivity index is 1.39. The normalized spacial score (nSPS) is 18.8. The number of amides is 1. The van der Waals surface area contributed by atoms with Crippen molar-refractivity contribution in [2.75, 3.05) is 35.6 Å². The molecule has 1 aromatic carbocycles. The second-order valence-corrected chi connectivity index (χ2v) is 7.24. The number of nitrogen functional groups attached to an aromatic ring is 1. The van der Waals surface area contributed by atoms with E-state index >= 15 is 0 Å². The molecule has 2 aromatic rings. The second kappa shape index (κ2) is 6.96. The summed E-state index contributed by atoms with van der Waals surface area (Å²) in [7, 11) is 0. The smallest absolute Gasteiger partial charge is 0.257 e. The number of nitrogens with zero attached hydrogens (tertiary/aromatic N) is 2. The maximum atomic E-state index is 12.4. The summed E-state index contributed by atoms with van der Waals surface area (Å²) in [5.41, 5.74) is 7.93. The molecule has 0 unspecified atom stereocenters. The highest BCUT2D eigenvalue weighted by Gasteiger charge is 2.36. The number of carbonyl (C=O) groups excluding carboxylic acids is 1. The van der Waals surface area contributed by atoms with Crippen molar-refractivity contribution in [1.29, 1.82) is 0 Å². The molecule has 0 atom stereocenters. The number of para-hydroxylation sites is 2. The first-order valence-corrected chi connectivity index (χ1v) is 9.27. The molecule has 0 radical (unpaired) electrons. The minimum atomic E-state index is -0.199. The monoisotopic (exact) mass is 351 g/mol. The van der Waals surface area contributed by atoms with Crippen LogP contribution in [0.15, 0.2) is 42.6 Å². The predicted molar refractivity (Wildman–Crippen MR) is 104 cm³/mol. The van der Waals surface area contributed by atoms with Crippen LogP contribution in [0.4, 0.5) is 17.2 Å². The van der Waals surface area contributed by atoms with Crippen LogP contribution in [0.1, 0.15) is 36.0 Å². The minimum absolute atomic E-state index is 0.199. The van der Waals surface area contributed by atoms with Crippen LogP contribution in [0, 0.1) is 0 Å². The Morgan fingerprint density at radius 1 is 1.15 bits per heavy atom. The van der Waals surface area contributed by atoms with Crippen LogP contribution in [0.25, 0.3) is 0 Å². The number of pyridine rings is 1. The molecule has 4 N–H and O–H groups in total. The van der Waals surface area contributed by atoms with Gasteiger partial charge in [0.1, 0.15) is 5.82 Å². The maximum absolute atomic E-state index is 12.4. The standard InChI is InChI=1S/C20H25N5O/c21-16-4-1-2-5-17(16)24-19(26)15-6-7-18(22-14-15)25-12-9-20(10-13-25)8-3-11-23-20/h1-2,4-7,14,23H,3,8-13,21H2,(H,24,26). The van der Waals surface area contributed by atoms with Crippen molar-refractivity contribution >= 4 is 23.1 Å². The number of benzene rings is 1. The zero-order chi connectivity index (χ0) is 18.0. The predicted octanol–water partition coefficient (Wildman–Crippen LogP) is 2.64. The Morgan fingerprint density at radius 3 is 2.62 bits per heavy atom. The Kier molecular flexibility index (Phi) is 4.51. The number of nitrogens with one attached hydrogen (secondary N) is 2. The average Bonchev–Trinajstić information content (AvgIpc) is 3.12. The van der Waals surface area contributed by atoms with Gasteiger partial charge in [-0.2, -0.15) is 0 Å². The number of piperidine rings is 1. The Labute approximate surface area is 153 Å². The van der Waals surface area contributed by atoms with Gasteiger partial charge < -0.3 is 21.3 Å². The van der Waals surface area contributed by atoms with Crippen LogP contribution >= 0.6 is 0 Å². The summed E-state index contributed by atoms with van der Waals surface area (Å²) in [6.45, 7) is 3.16. The molecule has 2 fully saturated rings. The lowest BCUT2D eigenvalue weighted by Gasteiger charge is -2.40. The second-order valence-electron chi connectivity index (χ2n) is 7.24. The van der Waals surface area contributed by atoms with Gasteiger partial charge in [-0.05, 0) is 56.5 Å². The van der Waals surface area contributed by atoms with Crippen molar-refractivity contribution in [2.45, 2.75) is 31.2 Å². The highest BCUT2D eigenvalue weighted by atomic mass is 16.1. The molecule has 4 rings (SSSR count). The lowest BCUT2D eigenvalue weighted by molar-refractivity contribution is 0.102. The summed E-state index contributed by atoms with van der Waals surface area (Å²) < 4.78 is 0. The summed E-state index contributed by atoms with van der Waals surface area (Å²) in [6, 6.07) is 11.0. The summed E-state index contributed by atoms with van der Waals surface area (Å²) in [5.74, 6) is 0.739. The molecule has 2 aliphatic heterocycles. The van der Waals surface area contributed by atoms with Crippen molar-refractivity contribution < 1.29 is 4.79 Å². The summed E-state index contributed by atoms with van der Waals surface area (Å²) >= 11 is 0. The van der Waals surface area contributed by atoms with E-state index in [1.807, 2.05) is 24.3 Å². The lowest BCUT2D eigenvalue weighted by atomic mass is 9.86. The molecule has 2 saturated heterocycles. The van der Waals surface area contributed by atoms with Crippen molar-refractivity contribution in [3.05, 3.63) is 48.2 Å². The third kappa shape index (κ3) is 3.37. The van der Waals surface area contributed by atoms with Crippen molar-refractivity contribution in [3.8, 4) is 0 Å². The van der Waals surface area contributed by atoms with Gasteiger partial charge in [0, 0.05) is 24.8 Å². The van der Waals surface area contributed by atoms with E-state index in [1.165, 1.54) is 12.8 Å². The zero-order valence-corrected chi connectivity index (χ0v) is 14.9. The van der Waals surface area contributed by atoms with E-state index in [9.17, 15) is 4.79 Å². The van der Waals surface area contributed by atoms with Crippen molar-refractivity contribution in [3.63, 3.8) is 0 Å². The van der Waals surface area contributed by atoms with Crippen LogP contribution < -0.4 is 21.3 Å². The molecule has 0 saturated carbocycles. The van der Waals surface area contributed by atoms with Gasteiger partial charge in [-0.3, -0.25) is 4.79 Å². The Bertz CT molecular complexity index is 773. The molecule has 136 valence electrons. The quantitative estimate of drug-likeness (QED) is 0.741. The van der Waals surface area contributed by atoms with Crippen LogP contribution in [0.3, 0.4) is 0 Å². The van der Waals surface area contributed by atoms with Gasteiger partial charge in [0.05, 0.1) is 16.9 Å². The summed E-state index contributed by atoms with van der Waals surface area (Å²) in [5, 5.41) is 6.52. The average molecular weight is 351 g/mol. The minimum Gasteiger partial charge on any atom is -0.397 e. The Hall–Kier alpha value is -2.60. The van der Waals surface area contributed by atoms with Crippen LogP contribution in [0.5, 0.6) is 0 Å². The van der Waals surface area contributed by atoms with Gasteiger partial charge in [0.25, 0.3) is 5.91 Å². The third-order valence-corrected chi connectivity index (χ3v) is 5.60. The SMILES string of the molecule is Nc1ccccc1NC(=O)c1ccc(N2CCC3(CCCN3)CC2)nc1. The van der Waals surface area contributed by atoms with E-state index in [0.29, 0.717) is 22.5 Å². The van der Waals surface area contributed by atoms with Gasteiger partial charge in [0.15, 0.2) is 0 Å². The topological polar surface area (TPSA) is 83.3 Å². The fourth-order valence-corrected chi connectivity index (χ4v) is 3.97. The number of hydrogen-bond acceptors (Lipinski definition) is 5. The highest BCUT2D eigenvalue weighted by Crippen LogP contribution is 2.32.